The molecular formula is C21H33N3O3. The van der Waals surface area contributed by atoms with Gasteiger partial charge in [-0.15, -0.1) is 0 Å². The lowest BCUT2D eigenvalue weighted by molar-refractivity contribution is -0.132. The molecular weight excluding hydrogens is 342 g/mol. The molecule has 0 saturated carbocycles. The van der Waals surface area contributed by atoms with Gasteiger partial charge in [0.25, 0.3) is 0 Å². The van der Waals surface area contributed by atoms with Crippen LogP contribution in [0.25, 0.3) is 0 Å². The van der Waals surface area contributed by atoms with Crippen molar-refractivity contribution in [2.24, 2.45) is 5.41 Å². The summed E-state index contributed by atoms with van der Waals surface area (Å²) in [5.41, 5.74) is 1.89. The van der Waals surface area contributed by atoms with Gasteiger partial charge in [0.1, 0.15) is 0 Å². The molecule has 0 spiro atoms. The molecule has 0 aromatic heterocycles. The fourth-order valence-corrected chi connectivity index (χ4v) is 3.16. The summed E-state index contributed by atoms with van der Waals surface area (Å²) in [6.45, 7) is 9.72. The molecule has 2 rings (SSSR count). The number of piperidine rings is 1. The second kappa shape index (κ2) is 10.3. The van der Waals surface area contributed by atoms with E-state index in [9.17, 15) is 9.59 Å². The van der Waals surface area contributed by atoms with Crippen LogP contribution < -0.4 is 10.6 Å². The minimum absolute atomic E-state index is 0.0476. The predicted octanol–water partition coefficient (Wildman–Crippen LogP) is 2.85. The molecule has 0 aliphatic carbocycles. The lowest BCUT2D eigenvalue weighted by atomic mass is 9.79. The van der Waals surface area contributed by atoms with Crippen LogP contribution in [0.4, 0.5) is 4.79 Å². The summed E-state index contributed by atoms with van der Waals surface area (Å²) >= 11 is 0. The number of carbonyl (C=O) groups is 2. The summed E-state index contributed by atoms with van der Waals surface area (Å²) in [7, 11) is 0. The maximum atomic E-state index is 12.7. The van der Waals surface area contributed by atoms with E-state index in [1.165, 1.54) is 5.56 Å². The minimum atomic E-state index is -0.420. The molecule has 0 bridgehead atoms. The second-order valence-corrected chi connectivity index (χ2v) is 7.50. The van der Waals surface area contributed by atoms with E-state index < -0.39 is 5.41 Å². The van der Waals surface area contributed by atoms with E-state index in [1.807, 2.05) is 32.9 Å². The highest BCUT2D eigenvalue weighted by atomic mass is 16.5. The molecule has 1 saturated heterocycles. The highest BCUT2D eigenvalue weighted by molar-refractivity contribution is 5.83. The molecule has 2 N–H and O–H groups in total. The Bertz CT molecular complexity index is 608. The fourth-order valence-electron chi connectivity index (χ4n) is 3.16. The van der Waals surface area contributed by atoms with Gasteiger partial charge in [0.2, 0.25) is 5.91 Å². The average Bonchev–Trinajstić information content (AvgIpc) is 2.67. The first-order valence-corrected chi connectivity index (χ1v) is 9.89. The van der Waals surface area contributed by atoms with Gasteiger partial charge < -0.3 is 20.3 Å². The number of nitrogens with one attached hydrogen (secondary N) is 2. The number of ether oxygens (including phenoxy) is 1. The van der Waals surface area contributed by atoms with Gasteiger partial charge in [-0.05, 0) is 38.7 Å². The molecule has 3 amide bonds. The molecule has 6 nitrogen and oxygen atoms in total. The van der Waals surface area contributed by atoms with Crippen LogP contribution in [0.3, 0.4) is 0 Å². The van der Waals surface area contributed by atoms with Crippen molar-refractivity contribution in [2.45, 2.75) is 46.6 Å². The predicted molar refractivity (Wildman–Crippen MR) is 106 cm³/mol. The normalized spacial score (nSPS) is 16.0. The molecule has 1 aliphatic heterocycles. The van der Waals surface area contributed by atoms with Gasteiger partial charge >= 0.3 is 6.03 Å². The number of hydrogen-bond acceptors (Lipinski definition) is 3. The third-order valence-electron chi connectivity index (χ3n) is 5.22. The van der Waals surface area contributed by atoms with Crippen LogP contribution in [0, 0.1) is 12.3 Å². The number of amides is 3. The molecule has 1 aromatic rings. The Kier molecular flexibility index (Phi) is 8.10. The molecule has 1 aliphatic rings. The van der Waals surface area contributed by atoms with Crippen LogP contribution in [0.1, 0.15) is 44.2 Å². The molecule has 27 heavy (non-hydrogen) atoms. The SMILES string of the molecule is CCOCCCNC(=O)N1CCC(C)(C(=O)NCc2ccc(C)cc2)CC1. The number of aryl methyl sites for hydroxylation is 1. The minimum Gasteiger partial charge on any atom is -0.382 e. The van der Waals surface area contributed by atoms with Gasteiger partial charge in [-0.2, -0.15) is 0 Å². The number of likely N-dealkylation sites (tertiary alicyclic amines) is 1. The van der Waals surface area contributed by atoms with Crippen molar-refractivity contribution < 1.29 is 14.3 Å². The van der Waals surface area contributed by atoms with E-state index in [0.29, 0.717) is 52.2 Å². The molecule has 1 aromatic carbocycles. The molecule has 1 heterocycles. The van der Waals surface area contributed by atoms with Crippen LogP contribution in [0.5, 0.6) is 0 Å². The maximum absolute atomic E-state index is 12.7. The highest BCUT2D eigenvalue weighted by Gasteiger charge is 2.37. The van der Waals surface area contributed by atoms with E-state index in [1.54, 1.807) is 4.90 Å². The molecule has 6 heteroatoms. The Balaban J connectivity index is 1.72. The van der Waals surface area contributed by atoms with Crippen LogP contribution >= 0.6 is 0 Å². The van der Waals surface area contributed by atoms with Gasteiger partial charge in [0.15, 0.2) is 0 Å². The summed E-state index contributed by atoms with van der Waals surface area (Å²) in [5, 5.41) is 5.98. The number of urea groups is 1. The van der Waals surface area contributed by atoms with E-state index in [-0.39, 0.29) is 11.9 Å². The van der Waals surface area contributed by atoms with E-state index in [4.69, 9.17) is 4.74 Å². The van der Waals surface area contributed by atoms with Crippen molar-refractivity contribution in [3.8, 4) is 0 Å². The topological polar surface area (TPSA) is 70.7 Å². The van der Waals surface area contributed by atoms with E-state index in [2.05, 4.69) is 22.8 Å². The van der Waals surface area contributed by atoms with E-state index in [0.717, 1.165) is 12.0 Å². The first kappa shape index (κ1) is 21.2. The van der Waals surface area contributed by atoms with Crippen molar-refractivity contribution in [1.82, 2.24) is 15.5 Å². The third kappa shape index (κ3) is 6.54. The first-order valence-electron chi connectivity index (χ1n) is 9.89. The first-order chi connectivity index (χ1) is 12.9. The number of hydrogen-bond donors (Lipinski definition) is 2. The summed E-state index contributed by atoms with van der Waals surface area (Å²) in [5.74, 6) is 0.0693. The van der Waals surface area contributed by atoms with Crippen molar-refractivity contribution in [3.05, 3.63) is 35.4 Å². The number of nitrogens with zero attached hydrogens (tertiary/aromatic N) is 1. The van der Waals surface area contributed by atoms with Gasteiger partial charge in [0, 0.05) is 44.8 Å². The highest BCUT2D eigenvalue weighted by Crippen LogP contribution is 2.31. The Morgan fingerprint density at radius 1 is 1.15 bits per heavy atom. The summed E-state index contributed by atoms with van der Waals surface area (Å²) in [4.78, 5) is 26.7. The largest absolute Gasteiger partial charge is 0.382 e. The number of rotatable bonds is 8. The van der Waals surface area contributed by atoms with Gasteiger partial charge in [-0.25, -0.2) is 4.79 Å². The van der Waals surface area contributed by atoms with Crippen molar-refractivity contribution >= 4 is 11.9 Å². The smallest absolute Gasteiger partial charge is 0.317 e. The lowest BCUT2D eigenvalue weighted by Crippen LogP contribution is -2.51. The zero-order valence-corrected chi connectivity index (χ0v) is 16.8. The Morgan fingerprint density at radius 2 is 1.81 bits per heavy atom. The van der Waals surface area contributed by atoms with Crippen LogP contribution in [-0.2, 0) is 16.1 Å². The fraction of sp³-hybridized carbons (Fsp3) is 0.619. The summed E-state index contributed by atoms with van der Waals surface area (Å²) in [6, 6.07) is 8.13. The quantitative estimate of drug-likeness (QED) is 0.687. The van der Waals surface area contributed by atoms with Crippen molar-refractivity contribution in [1.29, 1.82) is 0 Å². The van der Waals surface area contributed by atoms with Gasteiger partial charge in [-0.1, -0.05) is 36.8 Å². The number of benzene rings is 1. The Hall–Kier alpha value is -2.08. The summed E-state index contributed by atoms with van der Waals surface area (Å²) < 4.78 is 5.27. The third-order valence-corrected chi connectivity index (χ3v) is 5.22. The van der Waals surface area contributed by atoms with Gasteiger partial charge in [0.05, 0.1) is 0 Å². The molecule has 0 radical (unpaired) electrons. The maximum Gasteiger partial charge on any atom is 0.317 e. The zero-order chi connectivity index (χ0) is 19.7. The molecule has 0 atom stereocenters. The Labute approximate surface area is 162 Å². The van der Waals surface area contributed by atoms with Crippen molar-refractivity contribution in [3.63, 3.8) is 0 Å². The zero-order valence-electron chi connectivity index (χ0n) is 16.8. The van der Waals surface area contributed by atoms with Crippen LogP contribution in [-0.4, -0.2) is 49.7 Å². The van der Waals surface area contributed by atoms with E-state index >= 15 is 0 Å². The molecule has 0 unspecified atom stereocenters. The monoisotopic (exact) mass is 375 g/mol. The Morgan fingerprint density at radius 3 is 2.44 bits per heavy atom. The standard InChI is InChI=1S/C21H33N3O3/c1-4-27-15-5-12-22-20(26)24-13-10-21(3,11-14-24)19(25)23-16-18-8-6-17(2)7-9-18/h6-9H,4-5,10-16H2,1-3H3,(H,22,26)(H,23,25). The van der Waals surface area contributed by atoms with Crippen molar-refractivity contribution in [2.75, 3.05) is 32.8 Å². The van der Waals surface area contributed by atoms with Crippen LogP contribution in [0.15, 0.2) is 24.3 Å². The summed E-state index contributed by atoms with van der Waals surface area (Å²) in [6.07, 6.45) is 2.17. The van der Waals surface area contributed by atoms with Crippen LogP contribution in [0.2, 0.25) is 0 Å². The lowest BCUT2D eigenvalue weighted by Gasteiger charge is -2.38. The molecule has 150 valence electrons. The number of carbonyl (C=O) groups excluding carboxylic acids is 2. The second-order valence-electron chi connectivity index (χ2n) is 7.50. The average molecular weight is 376 g/mol. The van der Waals surface area contributed by atoms with Gasteiger partial charge in [-0.3, -0.25) is 4.79 Å². The molecule has 1 fully saturated rings.